The SMILES string of the molecule is CC(=O)c1cccc(N(CC(=O)N(Cc2ccccc2)[C@@H](C)C(=O)NC2CCCC2)S(C)(=O)=O)c1. The number of benzene rings is 2. The Labute approximate surface area is 207 Å². The molecule has 1 atom stereocenters. The lowest BCUT2D eigenvalue weighted by atomic mass is 10.1. The van der Waals surface area contributed by atoms with Gasteiger partial charge in [0.05, 0.1) is 11.9 Å². The maximum Gasteiger partial charge on any atom is 0.244 e. The largest absolute Gasteiger partial charge is 0.352 e. The van der Waals surface area contributed by atoms with E-state index in [1.54, 1.807) is 25.1 Å². The molecule has 188 valence electrons. The van der Waals surface area contributed by atoms with Crippen LogP contribution in [0.3, 0.4) is 0 Å². The Hall–Kier alpha value is -3.20. The van der Waals surface area contributed by atoms with E-state index in [0.717, 1.165) is 41.8 Å². The summed E-state index contributed by atoms with van der Waals surface area (Å²) in [6, 6.07) is 14.7. The smallest absolute Gasteiger partial charge is 0.244 e. The van der Waals surface area contributed by atoms with Crippen LogP contribution >= 0.6 is 0 Å². The van der Waals surface area contributed by atoms with E-state index in [0.29, 0.717) is 5.56 Å². The minimum atomic E-state index is -3.85. The van der Waals surface area contributed by atoms with Gasteiger partial charge in [0.15, 0.2) is 5.78 Å². The van der Waals surface area contributed by atoms with E-state index in [1.165, 1.54) is 17.9 Å². The molecule has 8 nitrogen and oxygen atoms in total. The number of carbonyl (C=O) groups excluding carboxylic acids is 3. The Morgan fingerprint density at radius 1 is 1.03 bits per heavy atom. The van der Waals surface area contributed by atoms with E-state index < -0.39 is 28.5 Å². The molecule has 0 saturated heterocycles. The van der Waals surface area contributed by atoms with Crippen LogP contribution in [0.5, 0.6) is 0 Å². The van der Waals surface area contributed by atoms with E-state index in [4.69, 9.17) is 0 Å². The Morgan fingerprint density at radius 3 is 2.29 bits per heavy atom. The summed E-state index contributed by atoms with van der Waals surface area (Å²) < 4.78 is 26.3. The molecule has 1 aliphatic rings. The molecular formula is C26H33N3O5S. The van der Waals surface area contributed by atoms with Crippen molar-refractivity contribution in [3.63, 3.8) is 0 Å². The minimum absolute atomic E-state index is 0.0977. The van der Waals surface area contributed by atoms with Crippen LogP contribution in [0.4, 0.5) is 5.69 Å². The molecule has 0 unspecified atom stereocenters. The molecule has 0 bridgehead atoms. The second kappa shape index (κ2) is 11.5. The van der Waals surface area contributed by atoms with Gasteiger partial charge in [-0.05, 0) is 44.4 Å². The van der Waals surface area contributed by atoms with Gasteiger partial charge in [-0.25, -0.2) is 8.42 Å². The normalized spacial score (nSPS) is 14.8. The predicted octanol–water partition coefficient (Wildman–Crippen LogP) is 3.13. The lowest BCUT2D eigenvalue weighted by Crippen LogP contribution is -2.52. The number of nitrogens with zero attached hydrogens (tertiary/aromatic N) is 2. The molecule has 2 amide bonds. The number of amides is 2. The van der Waals surface area contributed by atoms with E-state index in [9.17, 15) is 22.8 Å². The molecule has 1 fully saturated rings. The van der Waals surface area contributed by atoms with E-state index in [-0.39, 0.29) is 30.0 Å². The van der Waals surface area contributed by atoms with Crippen LogP contribution in [0, 0.1) is 0 Å². The first-order valence-corrected chi connectivity index (χ1v) is 13.6. The third kappa shape index (κ3) is 7.14. The van der Waals surface area contributed by atoms with Crippen LogP contribution in [0.25, 0.3) is 0 Å². The highest BCUT2D eigenvalue weighted by Crippen LogP contribution is 2.22. The highest BCUT2D eigenvalue weighted by Gasteiger charge is 2.31. The molecule has 1 saturated carbocycles. The van der Waals surface area contributed by atoms with E-state index in [1.807, 2.05) is 30.3 Å². The molecule has 0 radical (unpaired) electrons. The van der Waals surface area contributed by atoms with Gasteiger partial charge < -0.3 is 10.2 Å². The summed E-state index contributed by atoms with van der Waals surface area (Å²) in [7, 11) is -3.85. The molecule has 0 aliphatic heterocycles. The standard InChI is InChI=1S/C26H33N3O5S/c1-19(26(32)27-23-13-7-8-14-23)28(17-21-10-5-4-6-11-21)25(31)18-29(35(3,33)34)24-15-9-12-22(16-24)20(2)30/h4-6,9-12,15-16,19,23H,7-8,13-14,17-18H2,1-3H3,(H,27,32)/t19-/m0/s1. The van der Waals surface area contributed by atoms with Crippen molar-refractivity contribution in [1.82, 2.24) is 10.2 Å². The number of carbonyl (C=O) groups is 3. The highest BCUT2D eigenvalue weighted by atomic mass is 32.2. The van der Waals surface area contributed by atoms with Crippen molar-refractivity contribution in [2.24, 2.45) is 0 Å². The maximum absolute atomic E-state index is 13.6. The molecule has 2 aromatic rings. The first-order valence-electron chi connectivity index (χ1n) is 11.8. The average molecular weight is 500 g/mol. The summed E-state index contributed by atoms with van der Waals surface area (Å²) in [6.45, 7) is 2.71. The second-order valence-electron chi connectivity index (χ2n) is 9.05. The molecular weight excluding hydrogens is 466 g/mol. The van der Waals surface area contributed by atoms with Crippen molar-refractivity contribution in [2.45, 2.75) is 58.2 Å². The Bertz CT molecular complexity index is 1160. The summed E-state index contributed by atoms with van der Waals surface area (Å²) in [6.07, 6.45) is 4.97. The Kier molecular flexibility index (Phi) is 8.67. The van der Waals surface area contributed by atoms with Crippen LogP contribution in [0.1, 0.15) is 55.5 Å². The summed E-state index contributed by atoms with van der Waals surface area (Å²) in [5.41, 5.74) is 1.39. The van der Waals surface area contributed by atoms with Crippen molar-refractivity contribution in [1.29, 1.82) is 0 Å². The second-order valence-corrected chi connectivity index (χ2v) is 11.0. The van der Waals surface area contributed by atoms with Gasteiger partial charge in [-0.3, -0.25) is 18.7 Å². The molecule has 9 heteroatoms. The van der Waals surface area contributed by atoms with Gasteiger partial charge in [0.25, 0.3) is 0 Å². The van der Waals surface area contributed by atoms with E-state index in [2.05, 4.69) is 5.32 Å². The molecule has 3 rings (SSSR count). The quantitative estimate of drug-likeness (QED) is 0.506. The fraction of sp³-hybridized carbons (Fsp3) is 0.423. The van der Waals surface area contributed by atoms with Crippen molar-refractivity contribution in [2.75, 3.05) is 17.1 Å². The van der Waals surface area contributed by atoms with Crippen molar-refractivity contribution >= 4 is 33.3 Å². The predicted molar refractivity (Wildman–Crippen MR) is 135 cm³/mol. The van der Waals surface area contributed by atoms with Crippen LogP contribution in [0.2, 0.25) is 0 Å². The van der Waals surface area contributed by atoms with Crippen LogP contribution in [-0.4, -0.2) is 55.8 Å². The Morgan fingerprint density at radius 2 is 1.69 bits per heavy atom. The molecule has 1 N–H and O–H groups in total. The summed E-state index contributed by atoms with van der Waals surface area (Å²) in [5, 5.41) is 3.03. The van der Waals surface area contributed by atoms with E-state index >= 15 is 0 Å². The monoisotopic (exact) mass is 499 g/mol. The van der Waals surface area contributed by atoms with Crippen molar-refractivity contribution in [3.05, 3.63) is 65.7 Å². The fourth-order valence-electron chi connectivity index (χ4n) is 4.25. The minimum Gasteiger partial charge on any atom is -0.352 e. The number of nitrogens with one attached hydrogen (secondary N) is 1. The summed E-state index contributed by atoms with van der Waals surface area (Å²) in [5.74, 6) is -0.984. The van der Waals surface area contributed by atoms with Crippen molar-refractivity contribution < 1.29 is 22.8 Å². The zero-order chi connectivity index (χ0) is 25.6. The third-order valence-electron chi connectivity index (χ3n) is 6.28. The molecule has 0 spiro atoms. The average Bonchev–Trinajstić information content (AvgIpc) is 3.33. The zero-order valence-corrected chi connectivity index (χ0v) is 21.3. The van der Waals surface area contributed by atoms with Gasteiger partial charge in [0, 0.05) is 18.2 Å². The summed E-state index contributed by atoms with van der Waals surface area (Å²) >= 11 is 0. The summed E-state index contributed by atoms with van der Waals surface area (Å²) in [4.78, 5) is 39.8. The van der Waals surface area contributed by atoms with Gasteiger partial charge in [-0.1, -0.05) is 55.3 Å². The Balaban J connectivity index is 1.88. The third-order valence-corrected chi connectivity index (χ3v) is 7.43. The number of rotatable bonds is 10. The number of ketones is 1. The topological polar surface area (TPSA) is 104 Å². The van der Waals surface area contributed by atoms with Gasteiger partial charge >= 0.3 is 0 Å². The first kappa shape index (κ1) is 26.4. The number of Topliss-reactive ketones (excluding diaryl/α,β-unsaturated/α-hetero) is 1. The fourth-order valence-corrected chi connectivity index (χ4v) is 5.09. The van der Waals surface area contributed by atoms with Gasteiger partial charge in [0.1, 0.15) is 12.6 Å². The molecule has 0 heterocycles. The maximum atomic E-state index is 13.6. The zero-order valence-electron chi connectivity index (χ0n) is 20.4. The lowest BCUT2D eigenvalue weighted by Gasteiger charge is -2.32. The van der Waals surface area contributed by atoms with Gasteiger partial charge in [-0.2, -0.15) is 0 Å². The molecule has 35 heavy (non-hydrogen) atoms. The molecule has 0 aromatic heterocycles. The number of hydrogen-bond acceptors (Lipinski definition) is 5. The lowest BCUT2D eigenvalue weighted by molar-refractivity contribution is -0.139. The molecule has 1 aliphatic carbocycles. The van der Waals surface area contributed by atoms with Gasteiger partial charge in [0.2, 0.25) is 21.8 Å². The van der Waals surface area contributed by atoms with Gasteiger partial charge in [-0.15, -0.1) is 0 Å². The molecule has 2 aromatic carbocycles. The highest BCUT2D eigenvalue weighted by molar-refractivity contribution is 7.92. The van der Waals surface area contributed by atoms with Crippen LogP contribution in [0.15, 0.2) is 54.6 Å². The first-order chi connectivity index (χ1) is 16.6. The number of sulfonamides is 1. The number of anilines is 1. The van der Waals surface area contributed by atoms with Crippen LogP contribution in [-0.2, 0) is 26.2 Å². The van der Waals surface area contributed by atoms with Crippen molar-refractivity contribution in [3.8, 4) is 0 Å². The van der Waals surface area contributed by atoms with Crippen LogP contribution < -0.4 is 9.62 Å². The number of hydrogen-bond donors (Lipinski definition) is 1.